The smallest absolute Gasteiger partial charge is 0.266 e. The second-order valence-electron chi connectivity index (χ2n) is 11.0. The molecule has 1 aromatic heterocycles. The number of para-hydroxylation sites is 1. The first-order valence-corrected chi connectivity index (χ1v) is 15.1. The number of rotatable bonds is 11. The minimum atomic E-state index is -0.374. The molecule has 0 N–H and O–H groups in total. The van der Waals surface area contributed by atoms with Crippen LogP contribution in [0.3, 0.4) is 0 Å². The molecule has 1 aliphatic rings. The van der Waals surface area contributed by atoms with Gasteiger partial charge in [0.2, 0.25) is 5.91 Å². The summed E-state index contributed by atoms with van der Waals surface area (Å²) < 4.78 is 12.7. The van der Waals surface area contributed by atoms with Crippen LogP contribution in [-0.4, -0.2) is 41.1 Å². The number of aromatic nitrogens is 2. The lowest BCUT2D eigenvalue weighted by molar-refractivity contribution is -0.138. The number of ether oxygens (including phenoxy) is 2. The Morgan fingerprint density at radius 2 is 1.64 bits per heavy atom. The Hall–Kier alpha value is -4.13. The first kappa shape index (κ1) is 29.4. The fraction of sp³-hybridized carbons (Fsp3) is 0.400. The van der Waals surface area contributed by atoms with Gasteiger partial charge in [0.1, 0.15) is 5.82 Å². The Labute approximate surface area is 248 Å². The fourth-order valence-electron chi connectivity index (χ4n) is 6.16. The molecule has 42 heavy (non-hydrogen) atoms. The number of nitrogens with zero attached hydrogens (tertiary/aromatic N) is 3. The number of aryl methyl sites for hydroxylation is 1. The molecule has 0 radical (unpaired) electrons. The van der Waals surface area contributed by atoms with Gasteiger partial charge in [-0.25, -0.2) is 4.98 Å². The summed E-state index contributed by atoms with van der Waals surface area (Å²) in [6.45, 7) is 4.69. The van der Waals surface area contributed by atoms with E-state index < -0.39 is 0 Å². The molecule has 0 saturated heterocycles. The third kappa shape index (κ3) is 5.91. The van der Waals surface area contributed by atoms with E-state index in [1.165, 1.54) is 5.56 Å². The molecular formula is C35H41N3O4. The predicted molar refractivity (Wildman–Crippen MR) is 167 cm³/mol. The summed E-state index contributed by atoms with van der Waals surface area (Å²) in [6.07, 6.45) is 6.12. The molecule has 5 rings (SSSR count). The minimum absolute atomic E-state index is 0.00563. The molecule has 3 aromatic carbocycles. The highest BCUT2D eigenvalue weighted by atomic mass is 16.5. The molecule has 1 amide bonds. The van der Waals surface area contributed by atoms with Crippen LogP contribution in [0.15, 0.2) is 71.5 Å². The van der Waals surface area contributed by atoms with Crippen LogP contribution >= 0.6 is 0 Å². The monoisotopic (exact) mass is 567 g/mol. The van der Waals surface area contributed by atoms with Gasteiger partial charge in [0, 0.05) is 12.5 Å². The van der Waals surface area contributed by atoms with Gasteiger partial charge in [0.25, 0.3) is 5.56 Å². The van der Waals surface area contributed by atoms with Crippen molar-refractivity contribution in [1.82, 2.24) is 14.5 Å². The Kier molecular flexibility index (Phi) is 9.25. The van der Waals surface area contributed by atoms with Crippen molar-refractivity contribution in [2.24, 2.45) is 5.92 Å². The molecule has 4 aromatic rings. The van der Waals surface area contributed by atoms with E-state index in [2.05, 4.69) is 26.0 Å². The van der Waals surface area contributed by atoms with E-state index >= 15 is 0 Å². The van der Waals surface area contributed by atoms with Gasteiger partial charge in [-0.1, -0.05) is 57.0 Å². The van der Waals surface area contributed by atoms with Gasteiger partial charge < -0.3 is 14.4 Å². The van der Waals surface area contributed by atoms with E-state index in [0.717, 1.165) is 43.4 Å². The van der Waals surface area contributed by atoms with Gasteiger partial charge in [-0.15, -0.1) is 0 Å². The highest BCUT2D eigenvalue weighted by Gasteiger charge is 2.34. The Balaban J connectivity index is 1.61. The average molecular weight is 568 g/mol. The summed E-state index contributed by atoms with van der Waals surface area (Å²) in [4.78, 5) is 35.4. The van der Waals surface area contributed by atoms with Crippen LogP contribution < -0.4 is 15.0 Å². The number of fused-ring (bicyclic) bond motifs is 1. The van der Waals surface area contributed by atoms with Crippen molar-refractivity contribution in [3.63, 3.8) is 0 Å². The highest BCUT2D eigenvalue weighted by molar-refractivity contribution is 5.80. The van der Waals surface area contributed by atoms with Gasteiger partial charge >= 0.3 is 0 Å². The first-order chi connectivity index (χ1) is 20.5. The third-order valence-corrected chi connectivity index (χ3v) is 8.54. The lowest BCUT2D eigenvalue weighted by Gasteiger charge is -2.34. The molecule has 1 fully saturated rings. The zero-order chi connectivity index (χ0) is 29.6. The maximum atomic E-state index is 14.2. The van der Waals surface area contributed by atoms with Crippen molar-refractivity contribution < 1.29 is 14.3 Å². The molecule has 0 spiro atoms. The van der Waals surface area contributed by atoms with Gasteiger partial charge in [-0.3, -0.25) is 14.2 Å². The molecule has 1 heterocycles. The maximum absolute atomic E-state index is 14.2. The normalized spacial score (nSPS) is 14.2. The topological polar surface area (TPSA) is 73.7 Å². The molecular weight excluding hydrogens is 526 g/mol. The number of carbonyl (C=O) groups is 1. The summed E-state index contributed by atoms with van der Waals surface area (Å²) in [5, 5.41) is 0.565. The van der Waals surface area contributed by atoms with Crippen LogP contribution in [0.25, 0.3) is 16.6 Å². The Morgan fingerprint density at radius 1 is 0.952 bits per heavy atom. The maximum Gasteiger partial charge on any atom is 0.266 e. The number of amides is 1. The zero-order valence-electron chi connectivity index (χ0n) is 25.1. The first-order valence-electron chi connectivity index (χ1n) is 15.1. The molecule has 0 bridgehead atoms. The van der Waals surface area contributed by atoms with Crippen molar-refractivity contribution in [2.75, 3.05) is 20.8 Å². The van der Waals surface area contributed by atoms with E-state index in [9.17, 15) is 9.59 Å². The van der Waals surface area contributed by atoms with E-state index in [0.29, 0.717) is 47.6 Å². The van der Waals surface area contributed by atoms with Crippen molar-refractivity contribution >= 4 is 16.8 Å². The molecule has 7 heteroatoms. The summed E-state index contributed by atoms with van der Waals surface area (Å²) in [6, 6.07) is 21.1. The largest absolute Gasteiger partial charge is 0.493 e. The van der Waals surface area contributed by atoms with Gasteiger partial charge in [0.05, 0.1) is 36.9 Å². The SMILES string of the molecule is CCc1ccc(-n2c(C(CC)N(CCc3ccc(OC)c(OC)c3)C(=O)C3CCCC3)nc3ccccc3c2=O)cc1. The molecule has 1 atom stereocenters. The molecule has 220 valence electrons. The second-order valence-corrected chi connectivity index (χ2v) is 11.0. The van der Waals surface area contributed by atoms with Crippen LogP contribution in [0.2, 0.25) is 0 Å². The molecule has 1 saturated carbocycles. The number of hydrogen-bond donors (Lipinski definition) is 0. The Bertz CT molecular complexity index is 1590. The van der Waals surface area contributed by atoms with Crippen molar-refractivity contribution in [2.45, 2.75) is 64.8 Å². The van der Waals surface area contributed by atoms with Crippen LogP contribution in [0.1, 0.15) is 68.9 Å². The van der Waals surface area contributed by atoms with Gasteiger partial charge in [-0.2, -0.15) is 0 Å². The number of hydrogen-bond acceptors (Lipinski definition) is 5. The number of methoxy groups -OCH3 is 2. The van der Waals surface area contributed by atoms with E-state index in [1.54, 1.807) is 18.8 Å². The van der Waals surface area contributed by atoms with E-state index in [1.807, 2.05) is 59.5 Å². The zero-order valence-corrected chi connectivity index (χ0v) is 25.1. The van der Waals surface area contributed by atoms with Gasteiger partial charge in [-0.05, 0) is 79.6 Å². The second kappa shape index (κ2) is 13.2. The standard InChI is InChI=1S/C35H41N3O4/c1-5-24-15-18-27(19-16-24)38-33(36-29-14-10-9-13-28(29)35(38)40)30(6-2)37(34(39)26-11-7-8-12-26)22-21-25-17-20-31(41-3)32(23-25)42-4/h9-10,13-20,23,26,30H,5-8,11-12,21-22H2,1-4H3. The van der Waals surface area contributed by atoms with Crippen LogP contribution in [0, 0.1) is 5.92 Å². The summed E-state index contributed by atoms with van der Waals surface area (Å²) in [5.41, 5.74) is 3.53. The van der Waals surface area contributed by atoms with E-state index in [-0.39, 0.29) is 23.4 Å². The summed E-state index contributed by atoms with van der Waals surface area (Å²) >= 11 is 0. The lowest BCUT2D eigenvalue weighted by Crippen LogP contribution is -2.42. The molecule has 1 unspecified atom stereocenters. The van der Waals surface area contributed by atoms with Crippen molar-refractivity contribution in [3.8, 4) is 17.2 Å². The van der Waals surface area contributed by atoms with Crippen molar-refractivity contribution in [3.05, 3.63) is 94.0 Å². The van der Waals surface area contributed by atoms with Crippen molar-refractivity contribution in [1.29, 1.82) is 0 Å². The van der Waals surface area contributed by atoms with Crippen LogP contribution in [0.4, 0.5) is 0 Å². The molecule has 7 nitrogen and oxygen atoms in total. The van der Waals surface area contributed by atoms with Crippen LogP contribution in [0.5, 0.6) is 11.5 Å². The number of carbonyl (C=O) groups excluding carboxylic acids is 1. The summed E-state index contributed by atoms with van der Waals surface area (Å²) in [5.74, 6) is 2.08. The average Bonchev–Trinajstić information content (AvgIpc) is 3.58. The van der Waals surface area contributed by atoms with E-state index in [4.69, 9.17) is 14.5 Å². The molecule has 1 aliphatic carbocycles. The summed E-state index contributed by atoms with van der Waals surface area (Å²) in [7, 11) is 3.25. The number of benzene rings is 3. The predicted octanol–water partition coefficient (Wildman–Crippen LogP) is 6.68. The Morgan fingerprint density at radius 3 is 2.31 bits per heavy atom. The molecule has 0 aliphatic heterocycles. The van der Waals surface area contributed by atoms with Gasteiger partial charge in [0.15, 0.2) is 11.5 Å². The third-order valence-electron chi connectivity index (χ3n) is 8.54. The van der Waals surface area contributed by atoms with Crippen LogP contribution in [-0.2, 0) is 17.6 Å². The minimum Gasteiger partial charge on any atom is -0.493 e. The fourth-order valence-corrected chi connectivity index (χ4v) is 6.16. The highest BCUT2D eigenvalue weighted by Crippen LogP contribution is 2.33. The quantitative estimate of drug-likeness (QED) is 0.202. The lowest BCUT2D eigenvalue weighted by atomic mass is 10.0.